The van der Waals surface area contributed by atoms with E-state index in [2.05, 4.69) is 45.1 Å². The Bertz CT molecular complexity index is 1020. The van der Waals surface area contributed by atoms with Crippen LogP contribution in [0.2, 0.25) is 0 Å². The number of benzene rings is 1. The molecule has 4 rings (SSSR count). The van der Waals surface area contributed by atoms with Crippen LogP contribution >= 0.6 is 11.3 Å². The number of nitrogens with zero attached hydrogens (tertiary/aromatic N) is 4. The number of amides is 1. The fourth-order valence-corrected chi connectivity index (χ4v) is 3.72. The van der Waals surface area contributed by atoms with Crippen molar-refractivity contribution in [3.05, 3.63) is 53.4 Å². The van der Waals surface area contributed by atoms with Gasteiger partial charge in [0.15, 0.2) is 0 Å². The zero-order valence-electron chi connectivity index (χ0n) is 14.1. The summed E-state index contributed by atoms with van der Waals surface area (Å²) in [6.45, 7) is 4.68. The van der Waals surface area contributed by atoms with E-state index in [1.165, 1.54) is 27.9 Å². The van der Waals surface area contributed by atoms with Crippen molar-refractivity contribution in [2.75, 3.05) is 0 Å². The van der Waals surface area contributed by atoms with Gasteiger partial charge >= 0.3 is 0 Å². The van der Waals surface area contributed by atoms with Crippen molar-refractivity contribution >= 4 is 33.1 Å². The fourth-order valence-electron chi connectivity index (χ4n) is 3.11. The lowest BCUT2D eigenvalue weighted by atomic mass is 10.2. The maximum Gasteiger partial charge on any atom is 0.222 e. The van der Waals surface area contributed by atoms with Gasteiger partial charge in [0.05, 0.1) is 17.9 Å². The molecule has 25 heavy (non-hydrogen) atoms. The number of hydrogen-bond donors (Lipinski definition) is 1. The third-order valence-electron chi connectivity index (χ3n) is 4.41. The summed E-state index contributed by atoms with van der Waals surface area (Å²) in [6, 6.07) is 10.3. The lowest BCUT2D eigenvalue weighted by Crippen LogP contribution is -2.27. The van der Waals surface area contributed by atoms with Crippen LogP contribution < -0.4 is 5.32 Å². The largest absolute Gasteiger partial charge is 0.348 e. The summed E-state index contributed by atoms with van der Waals surface area (Å²) in [7, 11) is 0. The Morgan fingerprint density at radius 2 is 2.20 bits per heavy atom. The molecule has 0 aliphatic heterocycles. The summed E-state index contributed by atoms with van der Waals surface area (Å²) in [5.41, 5.74) is 4.91. The molecule has 6 nitrogen and oxygen atoms in total. The summed E-state index contributed by atoms with van der Waals surface area (Å²) in [5.74, 6) is 0.0222. The molecule has 1 aromatic carbocycles. The van der Waals surface area contributed by atoms with Gasteiger partial charge in [0.1, 0.15) is 5.51 Å². The van der Waals surface area contributed by atoms with Crippen LogP contribution in [0.4, 0.5) is 0 Å². The molecular formula is C18H19N5OS. The second kappa shape index (κ2) is 6.33. The van der Waals surface area contributed by atoms with E-state index in [9.17, 15) is 4.79 Å². The van der Waals surface area contributed by atoms with Gasteiger partial charge in [0.2, 0.25) is 10.9 Å². The second-order valence-corrected chi connectivity index (χ2v) is 6.98. The number of aryl methyl sites for hydroxylation is 2. The van der Waals surface area contributed by atoms with Crippen molar-refractivity contribution in [1.29, 1.82) is 0 Å². The van der Waals surface area contributed by atoms with E-state index >= 15 is 0 Å². The van der Waals surface area contributed by atoms with Gasteiger partial charge in [-0.2, -0.15) is 5.10 Å². The highest BCUT2D eigenvalue weighted by Gasteiger charge is 2.14. The molecule has 1 atom stereocenters. The van der Waals surface area contributed by atoms with Gasteiger partial charge in [0, 0.05) is 24.2 Å². The molecule has 0 unspecified atom stereocenters. The molecule has 0 radical (unpaired) electrons. The van der Waals surface area contributed by atoms with E-state index in [0.717, 1.165) is 10.7 Å². The first-order valence-corrected chi connectivity index (χ1v) is 9.13. The minimum atomic E-state index is -0.135. The van der Waals surface area contributed by atoms with Crippen molar-refractivity contribution < 1.29 is 4.79 Å². The van der Waals surface area contributed by atoms with Gasteiger partial charge in [-0.3, -0.25) is 4.79 Å². The highest BCUT2D eigenvalue weighted by atomic mass is 32.1. The van der Waals surface area contributed by atoms with Crippen molar-refractivity contribution in [2.45, 2.75) is 32.9 Å². The van der Waals surface area contributed by atoms with Crippen LogP contribution in [0.15, 0.2) is 42.0 Å². The molecule has 0 aliphatic carbocycles. The normalized spacial score (nSPS) is 12.7. The predicted molar refractivity (Wildman–Crippen MR) is 98.7 cm³/mol. The Morgan fingerprint density at radius 1 is 1.36 bits per heavy atom. The van der Waals surface area contributed by atoms with Gasteiger partial charge in [-0.05, 0) is 31.4 Å². The van der Waals surface area contributed by atoms with Crippen molar-refractivity contribution in [3.63, 3.8) is 0 Å². The molecule has 0 fully saturated rings. The molecule has 0 aliphatic rings. The average Bonchev–Trinajstić information content (AvgIpc) is 3.25. The molecule has 128 valence electrons. The lowest BCUT2D eigenvalue weighted by Gasteiger charge is -2.13. The Balaban J connectivity index is 1.41. The van der Waals surface area contributed by atoms with E-state index in [-0.39, 0.29) is 11.9 Å². The van der Waals surface area contributed by atoms with Crippen LogP contribution in [-0.2, 0) is 11.3 Å². The topological polar surface area (TPSA) is 64.2 Å². The molecule has 3 aromatic heterocycles. The number of para-hydroxylation sites is 1. The fraction of sp³-hybridized carbons (Fsp3) is 0.278. The number of aromatic nitrogens is 4. The number of rotatable bonds is 5. The maximum atomic E-state index is 12.4. The minimum absolute atomic E-state index is 0.0222. The highest BCUT2D eigenvalue weighted by Crippen LogP contribution is 2.20. The third kappa shape index (κ3) is 3.02. The monoisotopic (exact) mass is 353 g/mol. The van der Waals surface area contributed by atoms with Gasteiger partial charge in [-0.25, -0.2) is 9.50 Å². The molecule has 4 aromatic rings. The molecular weight excluding hydrogens is 334 g/mol. The number of carbonyl (C=O) groups excluding carboxylic acids is 1. The first-order valence-electron chi connectivity index (χ1n) is 8.25. The van der Waals surface area contributed by atoms with E-state index in [4.69, 9.17) is 0 Å². The SMILES string of the molecule is Cc1cc2ccccc2n1CCC(=O)N[C@H](C)c1cn2ncsc2n1. The van der Waals surface area contributed by atoms with Crippen LogP contribution in [0.5, 0.6) is 0 Å². The molecule has 0 saturated heterocycles. The molecule has 0 spiro atoms. The van der Waals surface area contributed by atoms with Gasteiger partial charge in [-0.1, -0.05) is 29.5 Å². The second-order valence-electron chi connectivity index (χ2n) is 6.17. The summed E-state index contributed by atoms with van der Waals surface area (Å²) >= 11 is 1.48. The Labute approximate surface area is 149 Å². The van der Waals surface area contributed by atoms with Crippen LogP contribution in [0, 0.1) is 6.92 Å². The van der Waals surface area contributed by atoms with Gasteiger partial charge in [0.25, 0.3) is 0 Å². The standard InChI is InChI=1S/C18H19N5OS/c1-12-9-14-5-3-4-6-16(14)22(12)8-7-17(24)20-13(2)15-10-23-18(21-15)25-11-19-23/h3-6,9-11,13H,7-8H2,1-2H3,(H,20,24)/t13-/m1/s1. The van der Waals surface area contributed by atoms with Crippen molar-refractivity contribution in [3.8, 4) is 0 Å². The van der Waals surface area contributed by atoms with Crippen LogP contribution in [0.1, 0.15) is 30.8 Å². The Kier molecular flexibility index (Phi) is 4.01. The van der Waals surface area contributed by atoms with Crippen LogP contribution in [0.25, 0.3) is 15.9 Å². The zero-order valence-corrected chi connectivity index (χ0v) is 15.0. The summed E-state index contributed by atoms with van der Waals surface area (Å²) in [6.07, 6.45) is 2.30. The van der Waals surface area contributed by atoms with Crippen molar-refractivity contribution in [2.24, 2.45) is 0 Å². The average molecular weight is 353 g/mol. The molecule has 3 heterocycles. The molecule has 1 N–H and O–H groups in total. The van der Waals surface area contributed by atoms with E-state index in [1.807, 2.05) is 25.3 Å². The lowest BCUT2D eigenvalue weighted by molar-refractivity contribution is -0.121. The molecule has 7 heteroatoms. The summed E-state index contributed by atoms with van der Waals surface area (Å²) in [4.78, 5) is 17.7. The molecule has 0 saturated carbocycles. The highest BCUT2D eigenvalue weighted by molar-refractivity contribution is 7.14. The number of nitrogens with one attached hydrogen (secondary N) is 1. The predicted octanol–water partition coefficient (Wildman–Crippen LogP) is 3.32. The summed E-state index contributed by atoms with van der Waals surface area (Å²) in [5, 5.41) is 8.40. The Morgan fingerprint density at radius 3 is 3.04 bits per heavy atom. The first kappa shape index (κ1) is 15.8. The quantitative estimate of drug-likeness (QED) is 0.599. The third-order valence-corrected chi connectivity index (χ3v) is 5.10. The smallest absolute Gasteiger partial charge is 0.222 e. The first-order chi connectivity index (χ1) is 12.1. The maximum absolute atomic E-state index is 12.4. The van der Waals surface area contributed by atoms with Crippen LogP contribution in [0.3, 0.4) is 0 Å². The number of fused-ring (bicyclic) bond motifs is 2. The van der Waals surface area contributed by atoms with Gasteiger partial charge < -0.3 is 9.88 Å². The molecule has 0 bridgehead atoms. The minimum Gasteiger partial charge on any atom is -0.348 e. The number of carbonyl (C=O) groups is 1. The molecule has 1 amide bonds. The van der Waals surface area contributed by atoms with Crippen LogP contribution in [-0.4, -0.2) is 25.1 Å². The van der Waals surface area contributed by atoms with Gasteiger partial charge in [-0.15, -0.1) is 0 Å². The van der Waals surface area contributed by atoms with E-state index in [1.54, 1.807) is 10.0 Å². The summed E-state index contributed by atoms with van der Waals surface area (Å²) < 4.78 is 3.92. The number of hydrogen-bond acceptors (Lipinski definition) is 4. The van der Waals surface area contributed by atoms with Crippen molar-refractivity contribution in [1.82, 2.24) is 24.5 Å². The number of imidazole rings is 1. The Hall–Kier alpha value is -2.67. The van der Waals surface area contributed by atoms with E-state index in [0.29, 0.717) is 13.0 Å². The van der Waals surface area contributed by atoms with E-state index < -0.39 is 0 Å². The zero-order chi connectivity index (χ0) is 17.4.